The zero-order valence-electron chi connectivity index (χ0n) is 11.5. The van der Waals surface area contributed by atoms with Gasteiger partial charge in [0.15, 0.2) is 0 Å². The van der Waals surface area contributed by atoms with Crippen LogP contribution >= 0.6 is 11.8 Å². The Kier molecular flexibility index (Phi) is 4.46. The Morgan fingerprint density at radius 1 is 1.57 bits per heavy atom. The van der Waals surface area contributed by atoms with Gasteiger partial charge in [0.05, 0.1) is 29.3 Å². The van der Waals surface area contributed by atoms with E-state index in [1.807, 2.05) is 0 Å². The molecular weight excluding hydrogens is 296 g/mol. The number of nitrogens with zero attached hydrogens (tertiary/aromatic N) is 1. The Balaban J connectivity index is 2.22. The van der Waals surface area contributed by atoms with Crippen LogP contribution < -0.4 is 5.32 Å². The predicted molar refractivity (Wildman–Crippen MR) is 77.3 cm³/mol. The molecule has 1 amide bonds. The van der Waals surface area contributed by atoms with Gasteiger partial charge in [-0.25, -0.2) is 0 Å². The lowest BCUT2D eigenvalue weighted by molar-refractivity contribution is -0.387. The zero-order valence-corrected chi connectivity index (χ0v) is 12.4. The van der Waals surface area contributed by atoms with Crippen molar-refractivity contribution in [3.63, 3.8) is 0 Å². The summed E-state index contributed by atoms with van der Waals surface area (Å²) in [6.45, 7) is 1.69. The monoisotopic (exact) mass is 310 g/mol. The van der Waals surface area contributed by atoms with Crippen molar-refractivity contribution in [3.8, 4) is 0 Å². The first-order chi connectivity index (χ1) is 9.92. The van der Waals surface area contributed by atoms with Gasteiger partial charge in [-0.1, -0.05) is 6.92 Å². The van der Waals surface area contributed by atoms with Crippen molar-refractivity contribution in [2.75, 3.05) is 18.2 Å². The molecule has 0 fully saturated rings. The quantitative estimate of drug-likeness (QED) is 0.386. The first-order valence-corrected chi connectivity index (χ1v) is 7.22. The second-order valence-corrected chi connectivity index (χ2v) is 5.76. The fourth-order valence-electron chi connectivity index (χ4n) is 1.98. The maximum absolute atomic E-state index is 11.4. The van der Waals surface area contributed by atoms with Crippen LogP contribution in [-0.4, -0.2) is 29.7 Å². The van der Waals surface area contributed by atoms with Crippen molar-refractivity contribution in [1.29, 1.82) is 0 Å². The number of amides is 1. The van der Waals surface area contributed by atoms with Gasteiger partial charge in [0.25, 0.3) is 5.69 Å². The lowest BCUT2D eigenvalue weighted by atomic mass is 10.1. The summed E-state index contributed by atoms with van der Waals surface area (Å²) >= 11 is 1.20. The normalized spacial score (nSPS) is 14.3. The number of hydrogen-bond acceptors (Lipinski definition) is 6. The first-order valence-electron chi connectivity index (χ1n) is 6.24. The largest absolute Gasteiger partial charge is 0.469 e. The Bertz CT molecular complexity index is 617. The molecule has 1 N–H and O–H groups in total. The van der Waals surface area contributed by atoms with E-state index < -0.39 is 4.92 Å². The number of methoxy groups -OCH3 is 1. The van der Waals surface area contributed by atoms with Crippen LogP contribution in [0.3, 0.4) is 0 Å². The number of benzene rings is 1. The highest BCUT2D eigenvalue weighted by Gasteiger charge is 2.25. The minimum Gasteiger partial charge on any atom is -0.469 e. The molecule has 2 rings (SSSR count). The van der Waals surface area contributed by atoms with E-state index in [-0.39, 0.29) is 29.9 Å². The molecule has 0 saturated heterocycles. The standard InChI is InChI=1S/C13H14N2O5S/c1-7(13(17)20-2)6-21-11-5-9-8(4-12(16)14-9)3-10(11)15(18)19/h3,5,7H,4,6H2,1-2H3,(H,14,16). The van der Waals surface area contributed by atoms with Crippen molar-refractivity contribution in [2.24, 2.45) is 5.92 Å². The van der Waals surface area contributed by atoms with Crippen LogP contribution in [0.2, 0.25) is 0 Å². The second kappa shape index (κ2) is 6.13. The molecule has 0 bridgehead atoms. The van der Waals surface area contributed by atoms with E-state index >= 15 is 0 Å². The third-order valence-electron chi connectivity index (χ3n) is 3.10. The molecular formula is C13H14N2O5S. The molecule has 1 aromatic carbocycles. The lowest BCUT2D eigenvalue weighted by Gasteiger charge is -2.10. The van der Waals surface area contributed by atoms with E-state index in [4.69, 9.17) is 0 Å². The van der Waals surface area contributed by atoms with Crippen LogP contribution in [0.25, 0.3) is 0 Å². The second-order valence-electron chi connectivity index (χ2n) is 4.69. The number of rotatable bonds is 5. The summed E-state index contributed by atoms with van der Waals surface area (Å²) in [5.41, 5.74) is 1.17. The van der Waals surface area contributed by atoms with Gasteiger partial charge in [-0.15, -0.1) is 11.8 Å². The summed E-state index contributed by atoms with van der Waals surface area (Å²) in [5, 5.41) is 13.8. The van der Waals surface area contributed by atoms with Gasteiger partial charge in [-0.3, -0.25) is 19.7 Å². The highest BCUT2D eigenvalue weighted by atomic mass is 32.2. The fraction of sp³-hybridized carbons (Fsp3) is 0.385. The third-order valence-corrected chi connectivity index (χ3v) is 4.40. The molecule has 0 aromatic heterocycles. The number of esters is 1. The van der Waals surface area contributed by atoms with Crippen molar-refractivity contribution >= 4 is 35.0 Å². The molecule has 0 spiro atoms. The van der Waals surface area contributed by atoms with Crippen molar-refractivity contribution in [3.05, 3.63) is 27.8 Å². The maximum Gasteiger partial charge on any atom is 0.309 e. The molecule has 0 aliphatic carbocycles. The summed E-state index contributed by atoms with van der Waals surface area (Å²) in [7, 11) is 1.30. The molecule has 21 heavy (non-hydrogen) atoms. The molecule has 1 aromatic rings. The van der Waals surface area contributed by atoms with Crippen molar-refractivity contribution in [2.45, 2.75) is 18.2 Å². The Labute approximate surface area is 125 Å². The van der Waals surface area contributed by atoms with E-state index in [0.717, 1.165) is 0 Å². The number of fused-ring (bicyclic) bond motifs is 1. The summed E-state index contributed by atoms with van der Waals surface area (Å²) in [6, 6.07) is 3.01. The van der Waals surface area contributed by atoms with Gasteiger partial charge in [-0.2, -0.15) is 0 Å². The molecule has 1 unspecified atom stereocenters. The van der Waals surface area contributed by atoms with Crippen LogP contribution in [0.5, 0.6) is 0 Å². The number of ether oxygens (including phenoxy) is 1. The van der Waals surface area contributed by atoms with Crippen molar-refractivity contribution in [1.82, 2.24) is 0 Å². The van der Waals surface area contributed by atoms with Gasteiger partial charge in [0, 0.05) is 17.5 Å². The van der Waals surface area contributed by atoms with Gasteiger partial charge in [0.2, 0.25) is 5.91 Å². The van der Waals surface area contributed by atoms with Crippen LogP contribution in [-0.2, 0) is 20.7 Å². The minimum absolute atomic E-state index is 0.0488. The maximum atomic E-state index is 11.4. The minimum atomic E-state index is -0.478. The average molecular weight is 310 g/mol. The molecule has 0 saturated carbocycles. The smallest absolute Gasteiger partial charge is 0.309 e. The summed E-state index contributed by atoms with van der Waals surface area (Å²) in [5.74, 6) is -0.549. The topological polar surface area (TPSA) is 98.5 Å². The number of nitrogens with one attached hydrogen (secondary N) is 1. The number of nitro benzene ring substituents is 1. The number of carbonyl (C=O) groups excluding carboxylic acids is 2. The molecule has 7 nitrogen and oxygen atoms in total. The molecule has 1 heterocycles. The average Bonchev–Trinajstić information content (AvgIpc) is 2.81. The van der Waals surface area contributed by atoms with Crippen molar-refractivity contribution < 1.29 is 19.2 Å². The highest BCUT2D eigenvalue weighted by molar-refractivity contribution is 7.99. The summed E-state index contributed by atoms with van der Waals surface area (Å²) in [4.78, 5) is 33.8. The van der Waals surface area contributed by atoms with Crippen LogP contribution in [0.1, 0.15) is 12.5 Å². The van der Waals surface area contributed by atoms with Gasteiger partial charge in [0.1, 0.15) is 0 Å². The fourth-order valence-corrected chi connectivity index (χ4v) is 3.03. The number of anilines is 1. The number of carbonyl (C=O) groups is 2. The number of nitro groups is 1. The molecule has 1 atom stereocenters. The van der Waals surface area contributed by atoms with Crippen LogP contribution in [0.15, 0.2) is 17.0 Å². The number of hydrogen-bond donors (Lipinski definition) is 1. The van der Waals surface area contributed by atoms with Gasteiger partial charge >= 0.3 is 5.97 Å². The lowest BCUT2D eigenvalue weighted by Crippen LogP contribution is -2.14. The third kappa shape index (κ3) is 3.33. The molecule has 1 aliphatic rings. The van der Waals surface area contributed by atoms with E-state index in [2.05, 4.69) is 10.1 Å². The van der Waals surface area contributed by atoms with Gasteiger partial charge < -0.3 is 10.1 Å². The van der Waals surface area contributed by atoms with Crippen LogP contribution in [0.4, 0.5) is 11.4 Å². The van der Waals surface area contributed by atoms with E-state index in [1.165, 1.54) is 24.9 Å². The Morgan fingerprint density at radius 3 is 2.90 bits per heavy atom. The Hall–Kier alpha value is -2.09. The zero-order chi connectivity index (χ0) is 15.6. The molecule has 1 aliphatic heterocycles. The summed E-state index contributed by atoms with van der Waals surface area (Å²) < 4.78 is 4.62. The van der Waals surface area contributed by atoms with E-state index in [0.29, 0.717) is 21.9 Å². The SMILES string of the molecule is COC(=O)C(C)CSc1cc2c(cc1[N+](=O)[O-])CC(=O)N2. The van der Waals surface area contributed by atoms with Gasteiger partial charge in [-0.05, 0) is 11.6 Å². The first kappa shape index (κ1) is 15.3. The number of thioether (sulfide) groups is 1. The Morgan fingerprint density at radius 2 is 2.29 bits per heavy atom. The van der Waals surface area contributed by atoms with E-state index in [9.17, 15) is 19.7 Å². The highest BCUT2D eigenvalue weighted by Crippen LogP contribution is 2.37. The van der Waals surface area contributed by atoms with E-state index in [1.54, 1.807) is 13.0 Å². The summed E-state index contributed by atoms with van der Waals surface area (Å²) in [6.07, 6.45) is 0.152. The molecule has 112 valence electrons. The van der Waals surface area contributed by atoms with Crippen LogP contribution in [0, 0.1) is 16.0 Å². The molecule has 0 radical (unpaired) electrons. The molecule has 8 heteroatoms. The predicted octanol–water partition coefficient (Wildman–Crippen LogP) is 1.99.